The van der Waals surface area contributed by atoms with Gasteiger partial charge in [-0.05, 0) is 26.3 Å². The van der Waals surface area contributed by atoms with E-state index in [1.807, 2.05) is 19.1 Å². The highest BCUT2D eigenvalue weighted by molar-refractivity contribution is 5.19. The van der Waals surface area contributed by atoms with E-state index >= 15 is 0 Å². The van der Waals surface area contributed by atoms with E-state index in [1.165, 1.54) is 5.57 Å². The molecule has 0 radical (unpaired) electrons. The summed E-state index contributed by atoms with van der Waals surface area (Å²) in [5.41, 5.74) is 1.09. The lowest BCUT2D eigenvalue weighted by Crippen LogP contribution is -2.10. The molecule has 0 atom stereocenters. The molecule has 0 amide bonds. The van der Waals surface area contributed by atoms with E-state index in [4.69, 9.17) is 5.11 Å². The average Bonchev–Trinajstić information content (AvgIpc) is 2.10. The molecule has 0 aromatic rings. The zero-order valence-corrected chi connectivity index (χ0v) is 10.1. The lowest BCUT2D eigenvalue weighted by molar-refractivity contribution is 0.342. The van der Waals surface area contributed by atoms with Crippen LogP contribution in [0.2, 0.25) is 0 Å². The second kappa shape index (κ2) is 6.46. The Morgan fingerprint density at radius 3 is 2.27 bits per heavy atom. The maximum atomic E-state index is 9.23. The van der Waals surface area contributed by atoms with Crippen LogP contribution in [0.15, 0.2) is 35.6 Å². The molecule has 0 aromatic carbocycles. The van der Waals surface area contributed by atoms with E-state index in [9.17, 15) is 5.11 Å². The first kappa shape index (κ1) is 14.0. The van der Waals surface area contributed by atoms with Gasteiger partial charge in [-0.2, -0.15) is 0 Å². The third kappa shape index (κ3) is 6.13. The molecular formula is C13H22O2. The van der Waals surface area contributed by atoms with Crippen LogP contribution in [0.25, 0.3) is 0 Å². The van der Waals surface area contributed by atoms with Crippen molar-refractivity contribution < 1.29 is 10.2 Å². The molecule has 0 aliphatic heterocycles. The largest absolute Gasteiger partial charge is 0.513 e. The van der Waals surface area contributed by atoms with Gasteiger partial charge >= 0.3 is 0 Å². The van der Waals surface area contributed by atoms with Gasteiger partial charge in [-0.15, -0.1) is 0 Å². The number of allylic oxidation sites excluding steroid dienone is 5. The van der Waals surface area contributed by atoms with E-state index in [2.05, 4.69) is 19.9 Å². The van der Waals surface area contributed by atoms with Crippen molar-refractivity contribution in [3.05, 3.63) is 35.6 Å². The summed E-state index contributed by atoms with van der Waals surface area (Å²) in [7, 11) is 0. The van der Waals surface area contributed by atoms with Gasteiger partial charge in [0.05, 0.1) is 12.4 Å². The van der Waals surface area contributed by atoms with Crippen molar-refractivity contribution >= 4 is 0 Å². The van der Waals surface area contributed by atoms with Gasteiger partial charge in [0.25, 0.3) is 0 Å². The zero-order valence-electron chi connectivity index (χ0n) is 10.1. The molecule has 2 N–H and O–H groups in total. The normalized spacial score (nSPS) is 15.0. The van der Waals surface area contributed by atoms with Crippen molar-refractivity contribution in [1.29, 1.82) is 0 Å². The Hall–Kier alpha value is -1.02. The summed E-state index contributed by atoms with van der Waals surface area (Å²) >= 11 is 0. The standard InChI is InChI=1S/C13H22O2/c1-11(8-6-5-7-9-14)13(3,4)10-12(2)15/h5,7-8,10,14-15H,6,9H2,1-4H3/b7-5-,11-8-,12-10-. The SMILES string of the molecule is C/C(O)=C/C(C)(C)/C(C)=C\C/C=C\CO. The Morgan fingerprint density at radius 2 is 1.80 bits per heavy atom. The Labute approximate surface area is 92.6 Å². The topological polar surface area (TPSA) is 40.5 Å². The second-order valence-electron chi connectivity index (χ2n) is 4.28. The lowest BCUT2D eigenvalue weighted by atomic mass is 9.84. The lowest BCUT2D eigenvalue weighted by Gasteiger charge is -2.21. The summed E-state index contributed by atoms with van der Waals surface area (Å²) in [6.07, 6.45) is 8.41. The fourth-order valence-corrected chi connectivity index (χ4v) is 1.31. The zero-order chi connectivity index (χ0) is 11.9. The van der Waals surface area contributed by atoms with Gasteiger partial charge in [0.2, 0.25) is 0 Å². The molecule has 0 rings (SSSR count). The van der Waals surface area contributed by atoms with Gasteiger partial charge in [-0.3, -0.25) is 0 Å². The first-order valence-electron chi connectivity index (χ1n) is 5.21. The fourth-order valence-electron chi connectivity index (χ4n) is 1.31. The number of aliphatic hydroxyl groups is 2. The summed E-state index contributed by atoms with van der Waals surface area (Å²) in [6.45, 7) is 7.95. The highest BCUT2D eigenvalue weighted by atomic mass is 16.3. The fraction of sp³-hybridized carbons (Fsp3) is 0.538. The highest BCUT2D eigenvalue weighted by Gasteiger charge is 2.16. The third-order valence-corrected chi connectivity index (χ3v) is 2.42. The van der Waals surface area contributed by atoms with Crippen molar-refractivity contribution in [3.8, 4) is 0 Å². The van der Waals surface area contributed by atoms with Crippen molar-refractivity contribution in [3.63, 3.8) is 0 Å². The molecule has 0 spiro atoms. The summed E-state index contributed by atoms with van der Waals surface area (Å²) in [5.74, 6) is 0.346. The highest BCUT2D eigenvalue weighted by Crippen LogP contribution is 2.28. The summed E-state index contributed by atoms with van der Waals surface area (Å²) in [6, 6.07) is 0. The van der Waals surface area contributed by atoms with E-state index in [0.717, 1.165) is 6.42 Å². The molecule has 0 fully saturated rings. The van der Waals surface area contributed by atoms with Crippen LogP contribution in [0.5, 0.6) is 0 Å². The van der Waals surface area contributed by atoms with Crippen LogP contribution in [0.1, 0.15) is 34.1 Å². The quantitative estimate of drug-likeness (QED) is 0.539. The molecule has 0 unspecified atom stereocenters. The predicted octanol–water partition coefficient (Wildman–Crippen LogP) is 3.36. The number of hydrogen-bond acceptors (Lipinski definition) is 2. The molecule has 2 heteroatoms. The van der Waals surface area contributed by atoms with E-state index < -0.39 is 0 Å². The Balaban J connectivity index is 4.47. The van der Waals surface area contributed by atoms with Gasteiger partial charge < -0.3 is 10.2 Å². The summed E-state index contributed by atoms with van der Waals surface area (Å²) in [5, 5.41) is 17.8. The Bertz CT molecular complexity index is 266. The van der Waals surface area contributed by atoms with E-state index in [1.54, 1.807) is 13.0 Å². The minimum Gasteiger partial charge on any atom is -0.513 e. The molecule has 0 aliphatic carbocycles. The Kier molecular flexibility index (Phi) is 6.02. The molecule has 0 saturated carbocycles. The average molecular weight is 210 g/mol. The van der Waals surface area contributed by atoms with Crippen molar-refractivity contribution in [2.45, 2.75) is 34.1 Å². The molecule has 0 saturated heterocycles. The summed E-state index contributed by atoms with van der Waals surface area (Å²) in [4.78, 5) is 0. The van der Waals surface area contributed by atoms with E-state index in [-0.39, 0.29) is 12.0 Å². The van der Waals surface area contributed by atoms with E-state index in [0.29, 0.717) is 5.76 Å². The smallest absolute Gasteiger partial charge is 0.0860 e. The molecule has 2 nitrogen and oxygen atoms in total. The third-order valence-electron chi connectivity index (χ3n) is 2.42. The maximum absolute atomic E-state index is 9.23. The first-order chi connectivity index (χ1) is 6.90. The number of hydrogen-bond donors (Lipinski definition) is 2. The maximum Gasteiger partial charge on any atom is 0.0860 e. The molecule has 0 aliphatic rings. The molecule has 0 heterocycles. The minimum absolute atomic E-state index is 0.0892. The van der Waals surface area contributed by atoms with Crippen molar-refractivity contribution in [2.24, 2.45) is 5.41 Å². The molecule has 0 aromatic heterocycles. The van der Waals surface area contributed by atoms with Crippen LogP contribution < -0.4 is 0 Å². The predicted molar refractivity (Wildman–Crippen MR) is 64.8 cm³/mol. The van der Waals surface area contributed by atoms with Gasteiger partial charge in [0.1, 0.15) is 0 Å². The molecule has 15 heavy (non-hydrogen) atoms. The molecular weight excluding hydrogens is 188 g/mol. The van der Waals surface area contributed by atoms with Gasteiger partial charge in [0, 0.05) is 5.41 Å². The van der Waals surface area contributed by atoms with Gasteiger partial charge in [-0.25, -0.2) is 0 Å². The van der Waals surface area contributed by atoms with Crippen LogP contribution in [0.3, 0.4) is 0 Å². The van der Waals surface area contributed by atoms with Crippen LogP contribution in [-0.2, 0) is 0 Å². The van der Waals surface area contributed by atoms with Crippen LogP contribution in [0.4, 0.5) is 0 Å². The number of aliphatic hydroxyl groups excluding tert-OH is 2. The van der Waals surface area contributed by atoms with Crippen LogP contribution >= 0.6 is 0 Å². The second-order valence-corrected chi connectivity index (χ2v) is 4.28. The van der Waals surface area contributed by atoms with Crippen LogP contribution in [0, 0.1) is 5.41 Å². The van der Waals surface area contributed by atoms with Gasteiger partial charge in [-0.1, -0.05) is 37.6 Å². The van der Waals surface area contributed by atoms with Crippen molar-refractivity contribution in [1.82, 2.24) is 0 Å². The monoisotopic (exact) mass is 210 g/mol. The minimum atomic E-state index is -0.119. The molecule has 0 bridgehead atoms. The van der Waals surface area contributed by atoms with Gasteiger partial charge in [0.15, 0.2) is 0 Å². The van der Waals surface area contributed by atoms with Crippen molar-refractivity contribution in [2.75, 3.05) is 6.61 Å². The molecule has 86 valence electrons. The first-order valence-corrected chi connectivity index (χ1v) is 5.21. The summed E-state index contributed by atoms with van der Waals surface area (Å²) < 4.78 is 0. The Morgan fingerprint density at radius 1 is 1.20 bits per heavy atom. The van der Waals surface area contributed by atoms with Crippen LogP contribution in [-0.4, -0.2) is 16.8 Å². The number of rotatable bonds is 5.